The van der Waals surface area contributed by atoms with Gasteiger partial charge in [-0.05, 0) is 44.0 Å². The van der Waals surface area contributed by atoms with Crippen LogP contribution in [0.4, 0.5) is 5.69 Å². The van der Waals surface area contributed by atoms with Crippen molar-refractivity contribution in [3.8, 4) is 5.82 Å². The molecule has 2 heterocycles. The monoisotopic (exact) mass is 323 g/mol. The minimum Gasteiger partial charge on any atom is -0.322 e. The molecule has 2 N–H and O–H groups in total. The third-order valence-electron chi connectivity index (χ3n) is 3.78. The van der Waals surface area contributed by atoms with E-state index in [0.29, 0.717) is 17.1 Å². The van der Waals surface area contributed by atoms with E-state index < -0.39 is 0 Å². The quantitative estimate of drug-likeness (QED) is 0.772. The van der Waals surface area contributed by atoms with E-state index in [2.05, 4.69) is 20.6 Å². The van der Waals surface area contributed by atoms with Crippen LogP contribution in [0, 0.1) is 20.8 Å². The Labute approximate surface area is 138 Å². The highest BCUT2D eigenvalue weighted by molar-refractivity contribution is 6.05. The number of anilines is 1. The van der Waals surface area contributed by atoms with Gasteiger partial charge in [-0.25, -0.2) is 9.78 Å². The molecule has 122 valence electrons. The van der Waals surface area contributed by atoms with Crippen LogP contribution < -0.4 is 10.9 Å². The Morgan fingerprint density at radius 3 is 2.67 bits per heavy atom. The second-order valence-electron chi connectivity index (χ2n) is 5.61. The van der Waals surface area contributed by atoms with Crippen LogP contribution in [-0.2, 0) is 0 Å². The maximum Gasteiger partial charge on any atom is 0.264 e. The van der Waals surface area contributed by atoms with E-state index in [1.807, 2.05) is 32.0 Å². The summed E-state index contributed by atoms with van der Waals surface area (Å²) in [7, 11) is 0. The van der Waals surface area contributed by atoms with Gasteiger partial charge in [0, 0.05) is 11.8 Å². The number of carbonyl (C=O) groups excluding carboxylic acids is 1. The van der Waals surface area contributed by atoms with Crippen molar-refractivity contribution in [2.45, 2.75) is 20.8 Å². The molecule has 3 aromatic rings. The summed E-state index contributed by atoms with van der Waals surface area (Å²) in [6.45, 7) is 5.69. The summed E-state index contributed by atoms with van der Waals surface area (Å²) >= 11 is 0. The number of carbonyl (C=O) groups is 1. The van der Waals surface area contributed by atoms with Gasteiger partial charge in [-0.2, -0.15) is 10.2 Å². The number of aryl methyl sites for hydroxylation is 2. The van der Waals surface area contributed by atoms with Gasteiger partial charge in [0.1, 0.15) is 0 Å². The molecule has 0 spiro atoms. The van der Waals surface area contributed by atoms with Crippen LogP contribution in [0.2, 0.25) is 0 Å². The Balaban J connectivity index is 1.90. The molecule has 0 aliphatic heterocycles. The first-order valence-electron chi connectivity index (χ1n) is 7.45. The molecule has 0 unspecified atom stereocenters. The highest BCUT2D eigenvalue weighted by atomic mass is 16.1. The van der Waals surface area contributed by atoms with Gasteiger partial charge >= 0.3 is 0 Å². The maximum absolute atomic E-state index is 12.6. The molecule has 0 atom stereocenters. The SMILES string of the molecule is Cc1ccc(C)c(NC(=O)c2cnn(-c3ccc(=O)[nH]n3)c2C)c1. The summed E-state index contributed by atoms with van der Waals surface area (Å²) in [5.74, 6) is 0.203. The van der Waals surface area contributed by atoms with Crippen molar-refractivity contribution in [3.05, 3.63) is 69.3 Å². The molecule has 0 aliphatic carbocycles. The number of H-pyrrole nitrogens is 1. The number of hydrogen-bond donors (Lipinski definition) is 2. The number of aromatic nitrogens is 4. The number of hydrogen-bond acceptors (Lipinski definition) is 4. The van der Waals surface area contributed by atoms with Gasteiger partial charge in [0.05, 0.1) is 17.5 Å². The van der Waals surface area contributed by atoms with Crippen LogP contribution in [0.3, 0.4) is 0 Å². The van der Waals surface area contributed by atoms with Gasteiger partial charge < -0.3 is 5.32 Å². The predicted molar refractivity (Wildman–Crippen MR) is 90.6 cm³/mol. The fourth-order valence-corrected chi connectivity index (χ4v) is 2.38. The van der Waals surface area contributed by atoms with E-state index in [1.54, 1.807) is 13.0 Å². The van der Waals surface area contributed by atoms with Crippen LogP contribution in [0.5, 0.6) is 0 Å². The zero-order valence-electron chi connectivity index (χ0n) is 13.6. The minimum absolute atomic E-state index is 0.239. The van der Waals surface area contributed by atoms with Crippen LogP contribution in [0.1, 0.15) is 27.2 Å². The first-order valence-corrected chi connectivity index (χ1v) is 7.45. The largest absolute Gasteiger partial charge is 0.322 e. The Morgan fingerprint density at radius 2 is 1.96 bits per heavy atom. The molecule has 0 radical (unpaired) electrons. The molecule has 7 nitrogen and oxygen atoms in total. The molecule has 7 heteroatoms. The van der Waals surface area contributed by atoms with E-state index in [-0.39, 0.29) is 11.5 Å². The highest BCUT2D eigenvalue weighted by Gasteiger charge is 2.16. The molecule has 1 amide bonds. The van der Waals surface area contributed by atoms with Gasteiger partial charge in [-0.1, -0.05) is 12.1 Å². The van der Waals surface area contributed by atoms with Gasteiger partial charge in [-0.3, -0.25) is 9.59 Å². The average molecular weight is 323 g/mol. The molecule has 0 aliphatic rings. The summed E-state index contributed by atoms with van der Waals surface area (Å²) in [4.78, 5) is 23.7. The van der Waals surface area contributed by atoms with Gasteiger partial charge in [0.2, 0.25) is 0 Å². The lowest BCUT2D eigenvalue weighted by atomic mass is 10.1. The van der Waals surface area contributed by atoms with E-state index in [0.717, 1.165) is 16.8 Å². The molecule has 3 rings (SSSR count). The van der Waals surface area contributed by atoms with Crippen molar-refractivity contribution in [1.29, 1.82) is 0 Å². The topological polar surface area (TPSA) is 92.7 Å². The molecule has 0 saturated carbocycles. The van der Waals surface area contributed by atoms with Crippen molar-refractivity contribution in [2.24, 2.45) is 0 Å². The van der Waals surface area contributed by atoms with Crippen molar-refractivity contribution in [3.63, 3.8) is 0 Å². The summed E-state index contributed by atoms with van der Waals surface area (Å²) in [5.41, 5.74) is 3.62. The lowest BCUT2D eigenvalue weighted by molar-refractivity contribution is 0.102. The Hall–Kier alpha value is -3.22. The van der Waals surface area contributed by atoms with Crippen molar-refractivity contribution in [2.75, 3.05) is 5.32 Å². The molecule has 24 heavy (non-hydrogen) atoms. The Bertz CT molecular complexity index is 951. The zero-order valence-corrected chi connectivity index (χ0v) is 13.6. The molecule has 1 aromatic carbocycles. The van der Waals surface area contributed by atoms with Crippen LogP contribution in [-0.4, -0.2) is 25.9 Å². The summed E-state index contributed by atoms with van der Waals surface area (Å²) < 4.78 is 1.51. The second kappa shape index (κ2) is 6.11. The van der Waals surface area contributed by atoms with Crippen molar-refractivity contribution in [1.82, 2.24) is 20.0 Å². The fraction of sp³-hybridized carbons (Fsp3) is 0.176. The van der Waals surface area contributed by atoms with E-state index in [1.165, 1.54) is 16.9 Å². The standard InChI is InChI=1S/C17H17N5O2/c1-10-4-5-11(2)14(8-10)19-17(24)13-9-18-22(12(13)3)15-6-7-16(23)21-20-15/h4-9H,1-3H3,(H,19,24)(H,21,23). The number of amides is 1. The molecular formula is C17H17N5O2. The van der Waals surface area contributed by atoms with Crippen LogP contribution >= 0.6 is 0 Å². The summed E-state index contributed by atoms with van der Waals surface area (Å²) in [6, 6.07) is 8.79. The molecule has 0 bridgehead atoms. The summed E-state index contributed by atoms with van der Waals surface area (Å²) in [6.07, 6.45) is 1.49. The van der Waals surface area contributed by atoms with Gasteiger partial charge in [0.15, 0.2) is 5.82 Å². The number of nitrogens with zero attached hydrogens (tertiary/aromatic N) is 3. The maximum atomic E-state index is 12.6. The summed E-state index contributed by atoms with van der Waals surface area (Å²) in [5, 5.41) is 13.4. The average Bonchev–Trinajstić information content (AvgIpc) is 2.93. The lowest BCUT2D eigenvalue weighted by Crippen LogP contribution is -2.15. The lowest BCUT2D eigenvalue weighted by Gasteiger charge is -2.09. The van der Waals surface area contributed by atoms with Gasteiger partial charge in [-0.15, -0.1) is 0 Å². The van der Waals surface area contributed by atoms with E-state index in [4.69, 9.17) is 0 Å². The number of rotatable bonds is 3. The Kier molecular flexibility index (Phi) is 3.99. The van der Waals surface area contributed by atoms with E-state index >= 15 is 0 Å². The normalized spacial score (nSPS) is 10.6. The molecule has 0 saturated heterocycles. The fourth-order valence-electron chi connectivity index (χ4n) is 2.38. The molecule has 2 aromatic heterocycles. The smallest absolute Gasteiger partial charge is 0.264 e. The number of benzene rings is 1. The van der Waals surface area contributed by atoms with Crippen molar-refractivity contribution >= 4 is 11.6 Å². The first-order chi connectivity index (χ1) is 11.5. The third-order valence-corrected chi connectivity index (χ3v) is 3.78. The molecular weight excluding hydrogens is 306 g/mol. The van der Waals surface area contributed by atoms with E-state index in [9.17, 15) is 9.59 Å². The van der Waals surface area contributed by atoms with Gasteiger partial charge in [0.25, 0.3) is 11.5 Å². The Morgan fingerprint density at radius 1 is 1.17 bits per heavy atom. The number of aromatic amines is 1. The predicted octanol–water partition coefficient (Wildman–Crippen LogP) is 2.13. The highest BCUT2D eigenvalue weighted by Crippen LogP contribution is 2.19. The second-order valence-corrected chi connectivity index (χ2v) is 5.61. The van der Waals surface area contributed by atoms with Crippen LogP contribution in [0.25, 0.3) is 5.82 Å². The molecule has 0 fully saturated rings. The van der Waals surface area contributed by atoms with Crippen molar-refractivity contribution < 1.29 is 4.79 Å². The van der Waals surface area contributed by atoms with Crippen LogP contribution in [0.15, 0.2) is 41.3 Å². The zero-order chi connectivity index (χ0) is 17.3. The number of nitrogens with one attached hydrogen (secondary N) is 2. The minimum atomic E-state index is -0.295. The first kappa shape index (κ1) is 15.7. The third kappa shape index (κ3) is 2.96.